The number of aryl methyl sites for hydroxylation is 1. The molecule has 0 saturated carbocycles. The average Bonchev–Trinajstić information content (AvgIpc) is 2.73. The highest BCUT2D eigenvalue weighted by Gasteiger charge is 2.29. The molecule has 0 bridgehead atoms. The fraction of sp³-hybridized carbons (Fsp3) is 0.214. The molecule has 0 aromatic heterocycles. The Bertz CT molecular complexity index is 499. The smallest absolute Gasteiger partial charge is 0.217 e. The maximum atomic E-state index is 5.84. The van der Waals surface area contributed by atoms with Crippen LogP contribution in [0.15, 0.2) is 53.6 Å². The molecule has 2 heteroatoms. The number of hydrogen-bond donors (Lipinski definition) is 0. The highest BCUT2D eigenvalue weighted by Crippen LogP contribution is 2.23. The summed E-state index contributed by atoms with van der Waals surface area (Å²) in [6.07, 6.45) is 8.25. The molecule has 80 valence electrons. The van der Waals surface area contributed by atoms with Crippen LogP contribution in [-0.2, 0) is 4.74 Å². The molecule has 2 nitrogen and oxygen atoms in total. The predicted octanol–water partition coefficient (Wildman–Crippen LogP) is 2.64. The Morgan fingerprint density at radius 3 is 2.75 bits per heavy atom. The Kier molecular flexibility index (Phi) is 2.13. The van der Waals surface area contributed by atoms with Gasteiger partial charge in [0.05, 0.1) is 0 Å². The SMILES string of the molecule is Cc1ccccc1C1=NC2C=CC=CC2O1. The second kappa shape index (κ2) is 3.63. The van der Waals surface area contributed by atoms with Crippen LogP contribution in [-0.4, -0.2) is 18.0 Å². The molecule has 0 spiro atoms. The van der Waals surface area contributed by atoms with Crippen molar-refractivity contribution in [2.75, 3.05) is 0 Å². The molecule has 1 aliphatic heterocycles. The summed E-state index contributed by atoms with van der Waals surface area (Å²) < 4.78 is 5.84. The molecule has 16 heavy (non-hydrogen) atoms. The van der Waals surface area contributed by atoms with Gasteiger partial charge in [0.1, 0.15) is 12.1 Å². The van der Waals surface area contributed by atoms with Crippen LogP contribution in [0.3, 0.4) is 0 Å². The van der Waals surface area contributed by atoms with Crippen molar-refractivity contribution in [2.24, 2.45) is 4.99 Å². The van der Waals surface area contributed by atoms with Crippen molar-refractivity contribution < 1.29 is 4.74 Å². The summed E-state index contributed by atoms with van der Waals surface area (Å²) in [5.74, 6) is 0.768. The normalized spacial score (nSPS) is 26.2. The Morgan fingerprint density at radius 1 is 1.12 bits per heavy atom. The van der Waals surface area contributed by atoms with Crippen LogP contribution in [0, 0.1) is 6.92 Å². The van der Waals surface area contributed by atoms with Gasteiger partial charge < -0.3 is 4.74 Å². The zero-order valence-electron chi connectivity index (χ0n) is 9.13. The van der Waals surface area contributed by atoms with Gasteiger partial charge in [0.15, 0.2) is 0 Å². The first-order valence-electron chi connectivity index (χ1n) is 5.50. The third-order valence-electron chi connectivity index (χ3n) is 2.95. The predicted molar refractivity (Wildman–Crippen MR) is 64.7 cm³/mol. The molecule has 0 N–H and O–H groups in total. The van der Waals surface area contributed by atoms with Crippen LogP contribution in [0.4, 0.5) is 0 Å². The quantitative estimate of drug-likeness (QED) is 0.699. The highest BCUT2D eigenvalue weighted by atomic mass is 16.5. The summed E-state index contributed by atoms with van der Waals surface area (Å²) in [7, 11) is 0. The maximum Gasteiger partial charge on any atom is 0.217 e. The van der Waals surface area contributed by atoms with Crippen molar-refractivity contribution in [1.29, 1.82) is 0 Å². The Morgan fingerprint density at radius 2 is 1.94 bits per heavy atom. The molecular formula is C14H13NO. The van der Waals surface area contributed by atoms with Gasteiger partial charge in [-0.2, -0.15) is 0 Å². The summed E-state index contributed by atoms with van der Waals surface area (Å²) in [6, 6.07) is 8.33. The topological polar surface area (TPSA) is 21.6 Å². The lowest BCUT2D eigenvalue weighted by atomic mass is 10.1. The molecule has 2 atom stereocenters. The van der Waals surface area contributed by atoms with Gasteiger partial charge in [0, 0.05) is 5.56 Å². The largest absolute Gasteiger partial charge is 0.467 e. The molecule has 1 aromatic rings. The molecule has 0 radical (unpaired) electrons. The molecule has 0 amide bonds. The molecule has 1 aromatic carbocycles. The van der Waals surface area contributed by atoms with E-state index in [1.807, 2.05) is 24.3 Å². The van der Waals surface area contributed by atoms with Gasteiger partial charge >= 0.3 is 0 Å². The van der Waals surface area contributed by atoms with Gasteiger partial charge in [-0.15, -0.1) is 0 Å². The molecule has 1 aliphatic carbocycles. The van der Waals surface area contributed by atoms with E-state index >= 15 is 0 Å². The number of aliphatic imine (C=N–C) groups is 1. The first kappa shape index (κ1) is 9.40. The lowest BCUT2D eigenvalue weighted by Crippen LogP contribution is -2.19. The van der Waals surface area contributed by atoms with E-state index in [-0.39, 0.29) is 12.1 Å². The second-order valence-electron chi connectivity index (χ2n) is 4.09. The van der Waals surface area contributed by atoms with Crippen LogP contribution < -0.4 is 0 Å². The standard InChI is InChI=1S/C14H13NO/c1-10-6-2-3-7-11(10)14-15-12-8-4-5-9-13(12)16-14/h2-9,12-13H,1H3. The summed E-state index contributed by atoms with van der Waals surface area (Å²) in [6.45, 7) is 2.08. The van der Waals surface area contributed by atoms with E-state index in [2.05, 4.69) is 36.2 Å². The van der Waals surface area contributed by atoms with Crippen molar-refractivity contribution in [3.8, 4) is 0 Å². The van der Waals surface area contributed by atoms with Crippen molar-refractivity contribution in [3.05, 3.63) is 59.7 Å². The molecule has 0 saturated heterocycles. The number of ether oxygens (including phenoxy) is 1. The summed E-state index contributed by atoms with van der Waals surface area (Å²) >= 11 is 0. The summed E-state index contributed by atoms with van der Waals surface area (Å²) in [4.78, 5) is 4.60. The van der Waals surface area contributed by atoms with E-state index in [4.69, 9.17) is 4.74 Å². The molecule has 2 aliphatic rings. The van der Waals surface area contributed by atoms with Crippen molar-refractivity contribution in [2.45, 2.75) is 19.1 Å². The van der Waals surface area contributed by atoms with E-state index in [9.17, 15) is 0 Å². The molecular weight excluding hydrogens is 198 g/mol. The first-order valence-corrected chi connectivity index (χ1v) is 5.50. The van der Waals surface area contributed by atoms with E-state index in [1.54, 1.807) is 0 Å². The van der Waals surface area contributed by atoms with E-state index in [0.717, 1.165) is 11.5 Å². The highest BCUT2D eigenvalue weighted by molar-refractivity contribution is 5.97. The van der Waals surface area contributed by atoms with Crippen LogP contribution in [0.5, 0.6) is 0 Å². The lowest BCUT2D eigenvalue weighted by Gasteiger charge is -2.13. The van der Waals surface area contributed by atoms with Gasteiger partial charge in [0.2, 0.25) is 5.90 Å². The van der Waals surface area contributed by atoms with Crippen molar-refractivity contribution in [3.63, 3.8) is 0 Å². The van der Waals surface area contributed by atoms with Gasteiger partial charge in [-0.25, -0.2) is 4.99 Å². The monoisotopic (exact) mass is 211 g/mol. The second-order valence-corrected chi connectivity index (χ2v) is 4.09. The van der Waals surface area contributed by atoms with Crippen LogP contribution >= 0.6 is 0 Å². The first-order chi connectivity index (χ1) is 7.84. The minimum Gasteiger partial charge on any atom is -0.467 e. The van der Waals surface area contributed by atoms with Gasteiger partial charge in [-0.1, -0.05) is 36.4 Å². The minimum absolute atomic E-state index is 0.0830. The lowest BCUT2D eigenvalue weighted by molar-refractivity contribution is 0.255. The molecule has 3 rings (SSSR count). The minimum atomic E-state index is 0.0830. The van der Waals surface area contributed by atoms with E-state index in [0.29, 0.717) is 0 Å². The number of nitrogens with zero attached hydrogens (tertiary/aromatic N) is 1. The number of benzene rings is 1. The van der Waals surface area contributed by atoms with Gasteiger partial charge in [-0.3, -0.25) is 0 Å². The third-order valence-corrected chi connectivity index (χ3v) is 2.95. The van der Waals surface area contributed by atoms with Gasteiger partial charge in [-0.05, 0) is 24.6 Å². The van der Waals surface area contributed by atoms with Crippen molar-refractivity contribution in [1.82, 2.24) is 0 Å². The van der Waals surface area contributed by atoms with Crippen LogP contribution in [0.2, 0.25) is 0 Å². The Hall–Kier alpha value is -1.83. The zero-order chi connectivity index (χ0) is 11.0. The molecule has 2 unspecified atom stereocenters. The van der Waals surface area contributed by atoms with Gasteiger partial charge in [0.25, 0.3) is 0 Å². The van der Waals surface area contributed by atoms with E-state index in [1.165, 1.54) is 5.56 Å². The number of hydrogen-bond acceptors (Lipinski definition) is 2. The molecule has 0 fully saturated rings. The zero-order valence-corrected chi connectivity index (χ0v) is 9.13. The molecule has 1 heterocycles. The van der Waals surface area contributed by atoms with E-state index < -0.39 is 0 Å². The van der Waals surface area contributed by atoms with Crippen molar-refractivity contribution >= 4 is 5.90 Å². The Labute approximate surface area is 95.0 Å². The maximum absolute atomic E-state index is 5.84. The third kappa shape index (κ3) is 1.47. The average molecular weight is 211 g/mol. The number of rotatable bonds is 1. The number of allylic oxidation sites excluding steroid dienone is 2. The summed E-state index contributed by atoms with van der Waals surface area (Å²) in [5, 5.41) is 0. The Balaban J connectivity index is 1.96. The fourth-order valence-electron chi connectivity index (χ4n) is 2.04. The fourth-order valence-corrected chi connectivity index (χ4v) is 2.04. The number of fused-ring (bicyclic) bond motifs is 1. The summed E-state index contributed by atoms with van der Waals surface area (Å²) in [5.41, 5.74) is 2.30. The van der Waals surface area contributed by atoms with Crippen LogP contribution in [0.1, 0.15) is 11.1 Å². The van der Waals surface area contributed by atoms with Crippen LogP contribution in [0.25, 0.3) is 0 Å².